The van der Waals surface area contributed by atoms with E-state index in [1.807, 2.05) is 0 Å². The number of fused-ring (bicyclic) bond motifs is 2. The Hall–Kier alpha value is -3.56. The molecular weight excluding hydrogens is 415 g/mol. The van der Waals surface area contributed by atoms with Gasteiger partial charge in [0.15, 0.2) is 17.1 Å². The van der Waals surface area contributed by atoms with Gasteiger partial charge >= 0.3 is 0 Å². The van der Waals surface area contributed by atoms with E-state index in [0.717, 1.165) is 6.42 Å². The summed E-state index contributed by atoms with van der Waals surface area (Å²) in [5.74, 6) is 1.03. The summed E-state index contributed by atoms with van der Waals surface area (Å²) in [6, 6.07) is 4.31. The second-order valence-corrected chi connectivity index (χ2v) is 8.37. The first kappa shape index (κ1) is 21.7. The summed E-state index contributed by atoms with van der Waals surface area (Å²) in [6.07, 6.45) is 2.42. The van der Waals surface area contributed by atoms with Crippen molar-refractivity contribution in [1.82, 2.24) is 19.9 Å². The number of nitrogens with zero attached hydrogens (tertiary/aromatic N) is 3. The van der Waals surface area contributed by atoms with E-state index in [1.54, 1.807) is 17.6 Å². The number of benzene rings is 1. The molecule has 3 N–H and O–H groups in total. The molecule has 4 rings (SSSR count). The first-order valence-corrected chi connectivity index (χ1v) is 10.5. The molecule has 0 bridgehead atoms. The standard InChI is InChI=1S/C22H27FN6O3/c1-5-22(2,3)12-25-21(30)14-11-26-29-18(24-4)10-17(28-20(14)29)27-15-8-13(23)9-16-19(15)32-7-6-31-16/h8-11,24H,5-7,12H2,1-4H3,(H,25,30)(H,27,28). The van der Waals surface area contributed by atoms with E-state index in [0.29, 0.717) is 59.8 Å². The van der Waals surface area contributed by atoms with Crippen LogP contribution in [0.3, 0.4) is 0 Å². The smallest absolute Gasteiger partial charge is 0.256 e. The van der Waals surface area contributed by atoms with E-state index in [2.05, 4.69) is 46.8 Å². The maximum absolute atomic E-state index is 14.1. The summed E-state index contributed by atoms with van der Waals surface area (Å²) in [4.78, 5) is 17.4. The molecule has 0 saturated carbocycles. The molecule has 0 fully saturated rings. The molecule has 1 aromatic carbocycles. The Morgan fingerprint density at radius 1 is 1.25 bits per heavy atom. The van der Waals surface area contributed by atoms with E-state index < -0.39 is 5.82 Å². The average molecular weight is 442 g/mol. The molecule has 10 heteroatoms. The first-order chi connectivity index (χ1) is 15.3. The van der Waals surface area contributed by atoms with Crippen molar-refractivity contribution in [2.45, 2.75) is 27.2 Å². The van der Waals surface area contributed by atoms with E-state index in [9.17, 15) is 9.18 Å². The Bertz CT molecular complexity index is 1160. The molecular formula is C22H27FN6O3. The molecule has 9 nitrogen and oxygen atoms in total. The third kappa shape index (κ3) is 4.25. The number of rotatable bonds is 7. The van der Waals surface area contributed by atoms with Crippen molar-refractivity contribution in [2.75, 3.05) is 37.4 Å². The Balaban J connectivity index is 1.69. The summed E-state index contributed by atoms with van der Waals surface area (Å²) >= 11 is 0. The van der Waals surface area contributed by atoms with Gasteiger partial charge in [-0.3, -0.25) is 4.79 Å². The van der Waals surface area contributed by atoms with Crippen LogP contribution in [0.15, 0.2) is 24.4 Å². The molecule has 0 radical (unpaired) electrons. The van der Waals surface area contributed by atoms with Gasteiger partial charge in [-0.15, -0.1) is 0 Å². The van der Waals surface area contributed by atoms with Gasteiger partial charge in [0.1, 0.15) is 36.2 Å². The number of ether oxygens (including phenoxy) is 2. The fraction of sp³-hybridized carbons (Fsp3) is 0.409. The molecule has 0 spiro atoms. The number of aromatic nitrogens is 3. The summed E-state index contributed by atoms with van der Waals surface area (Å²) in [6.45, 7) is 7.52. The fourth-order valence-electron chi connectivity index (χ4n) is 3.26. The lowest BCUT2D eigenvalue weighted by atomic mass is 9.90. The van der Waals surface area contributed by atoms with Crippen molar-refractivity contribution in [1.29, 1.82) is 0 Å². The second-order valence-electron chi connectivity index (χ2n) is 8.37. The molecule has 3 heterocycles. The van der Waals surface area contributed by atoms with Crippen LogP contribution in [0.2, 0.25) is 0 Å². The van der Waals surface area contributed by atoms with Crippen molar-refractivity contribution in [3.63, 3.8) is 0 Å². The normalized spacial score (nSPS) is 13.2. The number of nitrogens with one attached hydrogen (secondary N) is 3. The van der Waals surface area contributed by atoms with Crippen LogP contribution in [0.25, 0.3) is 5.65 Å². The van der Waals surface area contributed by atoms with E-state index >= 15 is 0 Å². The van der Waals surface area contributed by atoms with Crippen molar-refractivity contribution < 1.29 is 18.7 Å². The lowest BCUT2D eigenvalue weighted by Gasteiger charge is -2.22. The molecule has 1 aliphatic rings. The molecule has 1 amide bonds. The van der Waals surface area contributed by atoms with Crippen molar-refractivity contribution >= 4 is 28.9 Å². The van der Waals surface area contributed by atoms with E-state index in [4.69, 9.17) is 9.47 Å². The minimum Gasteiger partial charge on any atom is -0.486 e. The number of carbonyl (C=O) groups is 1. The summed E-state index contributed by atoms with van der Waals surface area (Å²) in [5, 5.41) is 13.4. The fourth-order valence-corrected chi connectivity index (χ4v) is 3.26. The zero-order valence-electron chi connectivity index (χ0n) is 18.6. The lowest BCUT2D eigenvalue weighted by molar-refractivity contribution is 0.0937. The molecule has 1 aliphatic heterocycles. The van der Waals surface area contributed by atoms with Crippen LogP contribution in [0.4, 0.5) is 21.7 Å². The van der Waals surface area contributed by atoms with Crippen molar-refractivity contribution in [3.8, 4) is 11.5 Å². The number of hydrogen-bond acceptors (Lipinski definition) is 7. The lowest BCUT2D eigenvalue weighted by Crippen LogP contribution is -2.33. The van der Waals surface area contributed by atoms with Crippen LogP contribution in [-0.2, 0) is 0 Å². The van der Waals surface area contributed by atoms with Gasteiger partial charge in [-0.25, -0.2) is 9.37 Å². The van der Waals surface area contributed by atoms with E-state index in [-0.39, 0.29) is 11.3 Å². The van der Waals surface area contributed by atoms with Crippen LogP contribution >= 0.6 is 0 Å². The molecule has 0 unspecified atom stereocenters. The highest BCUT2D eigenvalue weighted by molar-refractivity contribution is 6.00. The average Bonchev–Trinajstić information content (AvgIpc) is 3.21. The summed E-state index contributed by atoms with van der Waals surface area (Å²) in [5.41, 5.74) is 1.08. The quantitative estimate of drug-likeness (QED) is 0.514. The highest BCUT2D eigenvalue weighted by Crippen LogP contribution is 2.40. The monoisotopic (exact) mass is 442 g/mol. The van der Waals surface area contributed by atoms with Crippen LogP contribution in [-0.4, -0.2) is 47.3 Å². The zero-order chi connectivity index (χ0) is 22.9. The van der Waals surface area contributed by atoms with Crippen LogP contribution in [0.1, 0.15) is 37.6 Å². The molecule has 0 saturated heterocycles. The summed E-state index contributed by atoms with van der Waals surface area (Å²) in [7, 11) is 1.74. The van der Waals surface area contributed by atoms with Gasteiger partial charge in [-0.2, -0.15) is 9.61 Å². The SMILES string of the molecule is CCC(C)(C)CNC(=O)c1cnn2c(NC)cc(Nc3cc(F)cc4c3OCCO4)nc12. The van der Waals surface area contributed by atoms with Crippen molar-refractivity contribution in [3.05, 3.63) is 35.8 Å². The van der Waals surface area contributed by atoms with Gasteiger partial charge in [-0.05, 0) is 11.8 Å². The largest absolute Gasteiger partial charge is 0.486 e. The van der Waals surface area contributed by atoms with Gasteiger partial charge in [0, 0.05) is 31.8 Å². The first-order valence-electron chi connectivity index (χ1n) is 10.5. The molecule has 170 valence electrons. The van der Waals surface area contributed by atoms with Crippen LogP contribution < -0.4 is 25.4 Å². The zero-order valence-corrected chi connectivity index (χ0v) is 18.6. The molecule has 0 atom stereocenters. The van der Waals surface area contributed by atoms with Gasteiger partial charge in [0.2, 0.25) is 0 Å². The number of amides is 1. The second kappa shape index (κ2) is 8.52. The third-order valence-electron chi connectivity index (χ3n) is 5.53. The summed E-state index contributed by atoms with van der Waals surface area (Å²) < 4.78 is 26.8. The highest BCUT2D eigenvalue weighted by Gasteiger charge is 2.22. The third-order valence-corrected chi connectivity index (χ3v) is 5.53. The Labute approximate surface area is 185 Å². The Kier molecular flexibility index (Phi) is 5.77. The Morgan fingerprint density at radius 2 is 2.03 bits per heavy atom. The van der Waals surface area contributed by atoms with Gasteiger partial charge in [0.05, 0.1) is 11.9 Å². The highest BCUT2D eigenvalue weighted by atomic mass is 19.1. The predicted molar refractivity (Wildman–Crippen MR) is 120 cm³/mol. The number of anilines is 3. The maximum Gasteiger partial charge on any atom is 0.256 e. The maximum atomic E-state index is 14.1. The topological polar surface area (TPSA) is 102 Å². The Morgan fingerprint density at radius 3 is 2.78 bits per heavy atom. The molecule has 0 aliphatic carbocycles. The number of hydrogen-bond donors (Lipinski definition) is 3. The minimum absolute atomic E-state index is 0.0204. The van der Waals surface area contributed by atoms with Crippen molar-refractivity contribution in [2.24, 2.45) is 5.41 Å². The van der Waals surface area contributed by atoms with Gasteiger partial charge in [0.25, 0.3) is 5.91 Å². The molecule has 2 aromatic heterocycles. The van der Waals surface area contributed by atoms with Gasteiger partial charge in [-0.1, -0.05) is 20.8 Å². The van der Waals surface area contributed by atoms with Crippen LogP contribution in [0.5, 0.6) is 11.5 Å². The van der Waals surface area contributed by atoms with Crippen LogP contribution in [0, 0.1) is 11.2 Å². The van der Waals surface area contributed by atoms with E-state index in [1.165, 1.54) is 18.3 Å². The molecule has 32 heavy (non-hydrogen) atoms. The number of carbonyl (C=O) groups excluding carboxylic acids is 1. The number of halogens is 1. The predicted octanol–water partition coefficient (Wildman–Crippen LogP) is 3.59. The molecule has 3 aromatic rings. The van der Waals surface area contributed by atoms with Gasteiger partial charge < -0.3 is 25.4 Å². The minimum atomic E-state index is -0.463.